The predicted octanol–water partition coefficient (Wildman–Crippen LogP) is 2.52. The smallest absolute Gasteiger partial charge is 0.243 e. The van der Waals surface area contributed by atoms with Crippen LogP contribution in [0.25, 0.3) is 0 Å². The summed E-state index contributed by atoms with van der Waals surface area (Å²) in [6.45, 7) is 13.2. The number of Topliss-reactive ketones (excluding diaryl/α,β-unsaturated/α-hetero) is 1. The number of carbonyl (C=O) groups is 9. The van der Waals surface area contributed by atoms with Crippen molar-refractivity contribution in [2.75, 3.05) is 30.1 Å². The summed E-state index contributed by atoms with van der Waals surface area (Å²) in [5.74, 6) is -7.41. The molecule has 0 aromatic heterocycles. The van der Waals surface area contributed by atoms with E-state index in [0.29, 0.717) is 36.2 Å². The molecule has 0 aliphatic heterocycles. The normalized spacial score (nSPS) is 28.3. The number of rotatable bonds is 28. The molecular formula is C57H84FN7O12S2. The first-order chi connectivity index (χ1) is 37.1. The number of aliphatic hydroxyl groups excluding tert-OH is 2. The van der Waals surface area contributed by atoms with E-state index in [2.05, 4.69) is 31.9 Å². The van der Waals surface area contributed by atoms with E-state index >= 15 is 4.39 Å². The van der Waals surface area contributed by atoms with Crippen LogP contribution in [0.5, 0.6) is 0 Å². The Balaban J connectivity index is 1.18. The quantitative estimate of drug-likeness (QED) is 0.0540. The van der Waals surface area contributed by atoms with Crippen molar-refractivity contribution in [3.8, 4) is 0 Å². The molecule has 0 heterocycles. The number of amides is 7. The van der Waals surface area contributed by atoms with Gasteiger partial charge in [0.05, 0.1) is 11.9 Å². The number of nitrogens with two attached hydrogens (primary N) is 1. The van der Waals surface area contributed by atoms with E-state index in [1.807, 2.05) is 20.1 Å². The maximum absolute atomic E-state index is 17.6. The average Bonchev–Trinajstić information content (AvgIpc) is 3.76. The fraction of sp³-hybridized carbons (Fsp3) is 0.667. The molecule has 1 aromatic rings. The highest BCUT2D eigenvalue weighted by Crippen LogP contribution is 2.70. The number of allylic oxidation sites excluding steroid dienone is 4. The van der Waals surface area contributed by atoms with Crippen LogP contribution < -0.4 is 37.6 Å². The molecule has 19 nitrogen and oxygen atoms in total. The van der Waals surface area contributed by atoms with E-state index in [1.54, 1.807) is 71.0 Å². The van der Waals surface area contributed by atoms with Crippen molar-refractivity contribution in [1.29, 1.82) is 0 Å². The van der Waals surface area contributed by atoms with E-state index in [-0.39, 0.29) is 61.7 Å². The van der Waals surface area contributed by atoms with Gasteiger partial charge in [0.1, 0.15) is 41.9 Å². The van der Waals surface area contributed by atoms with Crippen molar-refractivity contribution in [3.63, 3.8) is 0 Å². The largest absolute Gasteiger partial charge is 0.396 e. The van der Waals surface area contributed by atoms with E-state index in [1.165, 1.54) is 30.8 Å². The minimum atomic E-state index is -2.11. The first-order valence-electron chi connectivity index (χ1n) is 27.5. The minimum absolute atomic E-state index is 0.0291. The molecule has 4 aliphatic carbocycles. The molecule has 7 amide bonds. The number of carbonyl (C=O) groups excluding carboxylic acids is 9. The molecule has 3 fully saturated rings. The molecular weight excluding hydrogens is 1060 g/mol. The number of primary amides is 1. The van der Waals surface area contributed by atoms with E-state index in [0.717, 1.165) is 11.8 Å². The summed E-state index contributed by atoms with van der Waals surface area (Å²) in [6, 6.07) is 1.57. The van der Waals surface area contributed by atoms with Gasteiger partial charge >= 0.3 is 0 Å². The molecule has 5 rings (SSSR count). The molecule has 0 bridgehead atoms. The number of hydrogen-bond donors (Lipinski definition) is 10. The highest BCUT2D eigenvalue weighted by Gasteiger charge is 2.75. The summed E-state index contributed by atoms with van der Waals surface area (Å²) in [5, 5.41) is 50.0. The topological polar surface area (TPSA) is 313 Å². The molecule has 4 aliphatic rings. The fourth-order valence-corrected chi connectivity index (χ4v) is 13.9. The maximum Gasteiger partial charge on any atom is 0.243 e. The highest BCUT2D eigenvalue weighted by molar-refractivity contribution is 8.00. The van der Waals surface area contributed by atoms with Gasteiger partial charge in [0.15, 0.2) is 17.2 Å². The monoisotopic (exact) mass is 1140 g/mol. The van der Waals surface area contributed by atoms with Crippen molar-refractivity contribution in [2.45, 2.75) is 167 Å². The van der Waals surface area contributed by atoms with Gasteiger partial charge in [-0.25, -0.2) is 4.39 Å². The summed E-state index contributed by atoms with van der Waals surface area (Å²) in [4.78, 5) is 121. The Morgan fingerprint density at radius 2 is 1.42 bits per heavy atom. The molecule has 0 unspecified atom stereocenters. The second kappa shape index (κ2) is 27.5. The number of benzene rings is 1. The molecule has 0 saturated heterocycles. The van der Waals surface area contributed by atoms with Crippen molar-refractivity contribution < 1.29 is 62.9 Å². The lowest BCUT2D eigenvalue weighted by atomic mass is 9.44. The van der Waals surface area contributed by atoms with Crippen LogP contribution in [0.2, 0.25) is 0 Å². The third kappa shape index (κ3) is 14.5. The van der Waals surface area contributed by atoms with Crippen LogP contribution in [0.4, 0.5) is 4.39 Å². The van der Waals surface area contributed by atoms with Gasteiger partial charge in [-0.1, -0.05) is 83.5 Å². The summed E-state index contributed by atoms with van der Waals surface area (Å²) < 4.78 is 17.6. The third-order valence-corrected chi connectivity index (χ3v) is 18.6. The summed E-state index contributed by atoms with van der Waals surface area (Å²) in [5.41, 5.74) is 0.466. The van der Waals surface area contributed by atoms with Crippen molar-refractivity contribution >= 4 is 76.4 Å². The van der Waals surface area contributed by atoms with Crippen LogP contribution in [-0.4, -0.2) is 152 Å². The lowest BCUT2D eigenvalue weighted by Crippen LogP contribution is -2.69. The van der Waals surface area contributed by atoms with Gasteiger partial charge in [0.25, 0.3) is 0 Å². The van der Waals surface area contributed by atoms with Crippen LogP contribution in [0, 0.1) is 40.4 Å². The molecule has 79 heavy (non-hydrogen) atoms. The van der Waals surface area contributed by atoms with Gasteiger partial charge in [0.2, 0.25) is 41.4 Å². The number of thioether (sulfide) groups is 2. The maximum atomic E-state index is 17.6. The van der Waals surface area contributed by atoms with Gasteiger partial charge in [-0.2, -0.15) is 23.5 Å². The fourth-order valence-electron chi connectivity index (χ4n) is 12.5. The summed E-state index contributed by atoms with van der Waals surface area (Å²) in [6.07, 6.45) is 5.71. The number of halogens is 1. The van der Waals surface area contributed by atoms with Crippen LogP contribution in [0.1, 0.15) is 112 Å². The molecule has 0 spiro atoms. The van der Waals surface area contributed by atoms with E-state index < -0.39 is 142 Å². The van der Waals surface area contributed by atoms with Gasteiger partial charge < -0.3 is 53.0 Å². The number of hydrogen-bond acceptors (Lipinski definition) is 14. The second-order valence-electron chi connectivity index (χ2n) is 23.2. The molecule has 0 radical (unpaired) electrons. The Bertz CT molecular complexity index is 2480. The number of ketones is 2. The van der Waals surface area contributed by atoms with Crippen LogP contribution in [-0.2, 0) is 49.6 Å². The first-order valence-corrected chi connectivity index (χ1v) is 30.0. The molecule has 438 valence electrons. The standard InChI is InChI=1S/C57H84FN7O12S2/c1-31(2)25-42(48(59)71)63-50(73)41(19-23-78-9)62-53(76)47(32(3)4)65-51(74)40(18-22-66)61-52(75)43(27-35-13-11-10-12-14-35)64-49(72)34(6)60-46(70)20-24-79-30-45(69)57(77)33(5)26-39-38-16-15-36-28-37(67)17-21-54(36,7)56(38,58)44(68)29-55(39,57)8/h10-14,17,21,28,31-34,38-44,47,66,68,77H,15-16,18-20,22-27,29-30H2,1-9H3,(H2,59,71)(H,60,70)(H,61,75)(H,62,76)(H,63,73)(H,64,72)(H,65,74)/t33-,34+,38+,39+,40+,41+,42+,43+,44+,47+,54+,55+,56+,57+/m1/s1. The number of fused-ring (bicyclic) bond motifs is 5. The Labute approximate surface area is 472 Å². The predicted molar refractivity (Wildman–Crippen MR) is 300 cm³/mol. The molecule has 22 heteroatoms. The SMILES string of the molecule is CSCC[C@H](NC(=O)[C@@H](NC(=O)[C@H](CCO)NC(=O)[C@H](Cc1ccccc1)NC(=O)[C@H](C)NC(=O)CCSCC(=O)[C@@]1(O)[C@H](C)C[C@H]2[C@@H]3CCC4=CC(=O)C=C[C@]4(C)[C@@]3(F)[C@@H](O)C[C@@]21C)C(C)C)C(=O)N[C@@H](CC(C)C)C(N)=O. The zero-order valence-corrected chi connectivity index (χ0v) is 48.7. The zero-order chi connectivity index (χ0) is 58.8. The lowest BCUT2D eigenvalue weighted by molar-refractivity contribution is -0.218. The molecule has 14 atom stereocenters. The molecule has 11 N–H and O–H groups in total. The third-order valence-electron chi connectivity index (χ3n) is 16.9. The number of aliphatic hydroxyl groups is 3. The van der Waals surface area contributed by atoms with Gasteiger partial charge in [-0.15, -0.1) is 0 Å². The minimum Gasteiger partial charge on any atom is -0.396 e. The van der Waals surface area contributed by atoms with Crippen molar-refractivity contribution in [1.82, 2.24) is 31.9 Å². The Morgan fingerprint density at radius 1 is 0.810 bits per heavy atom. The van der Waals surface area contributed by atoms with Gasteiger partial charge in [0, 0.05) is 41.9 Å². The highest BCUT2D eigenvalue weighted by atomic mass is 32.2. The average molecular weight is 1140 g/mol. The van der Waals surface area contributed by atoms with Gasteiger partial charge in [-0.3, -0.25) is 43.2 Å². The van der Waals surface area contributed by atoms with Crippen molar-refractivity contribution in [2.24, 2.45) is 46.2 Å². The van der Waals surface area contributed by atoms with E-state index in [4.69, 9.17) is 5.73 Å². The van der Waals surface area contributed by atoms with E-state index in [9.17, 15) is 58.5 Å². The Kier molecular flexibility index (Phi) is 22.5. The van der Waals surface area contributed by atoms with Crippen LogP contribution >= 0.6 is 23.5 Å². The molecule has 1 aromatic carbocycles. The second-order valence-corrected chi connectivity index (χ2v) is 25.3. The molecule has 3 saturated carbocycles. The van der Waals surface area contributed by atoms with Crippen LogP contribution in [0.3, 0.4) is 0 Å². The van der Waals surface area contributed by atoms with Crippen LogP contribution in [0.15, 0.2) is 54.1 Å². The summed E-state index contributed by atoms with van der Waals surface area (Å²) >= 11 is 2.56. The lowest BCUT2D eigenvalue weighted by Gasteiger charge is -2.62. The number of nitrogens with one attached hydrogen (secondary N) is 6. The van der Waals surface area contributed by atoms with Gasteiger partial charge in [-0.05, 0) is 112 Å². The first kappa shape index (κ1) is 64.7. The summed E-state index contributed by atoms with van der Waals surface area (Å²) in [7, 11) is 0. The Morgan fingerprint density at radius 3 is 2.04 bits per heavy atom. The Hall–Kier alpha value is -5.16. The van der Waals surface area contributed by atoms with Crippen molar-refractivity contribution in [3.05, 3.63) is 59.7 Å². The zero-order valence-electron chi connectivity index (χ0n) is 47.0. The number of alkyl halides is 1.